The van der Waals surface area contributed by atoms with Gasteiger partial charge in [-0.25, -0.2) is 9.79 Å². The lowest BCUT2D eigenvalue weighted by molar-refractivity contribution is -0.140. The fourth-order valence-electron chi connectivity index (χ4n) is 4.15. The molecule has 0 spiro atoms. The van der Waals surface area contributed by atoms with Crippen molar-refractivity contribution in [2.45, 2.75) is 40.7 Å². The first-order valence-electron chi connectivity index (χ1n) is 12.5. The monoisotopic (exact) mass is 568 g/mol. The highest BCUT2D eigenvalue weighted by Crippen LogP contribution is 2.36. The van der Waals surface area contributed by atoms with Gasteiger partial charge in [-0.1, -0.05) is 61.1 Å². The second-order valence-electron chi connectivity index (χ2n) is 9.33. The molecule has 1 unspecified atom stereocenters. The second-order valence-corrected chi connectivity index (χ2v) is 10.7. The van der Waals surface area contributed by atoms with Gasteiger partial charge in [0.15, 0.2) is 16.3 Å². The van der Waals surface area contributed by atoms with E-state index in [4.69, 9.17) is 25.8 Å². The number of aromatic nitrogens is 1. The lowest BCUT2D eigenvalue weighted by Gasteiger charge is -2.25. The Balaban J connectivity index is 1.94. The zero-order valence-electron chi connectivity index (χ0n) is 22.3. The number of benzene rings is 2. The van der Waals surface area contributed by atoms with Gasteiger partial charge >= 0.3 is 11.9 Å². The predicted molar refractivity (Wildman–Crippen MR) is 150 cm³/mol. The van der Waals surface area contributed by atoms with Gasteiger partial charge in [-0.15, -0.1) is 0 Å². The van der Waals surface area contributed by atoms with Crippen molar-refractivity contribution in [2.75, 3.05) is 13.2 Å². The normalized spacial score (nSPS) is 15.2. The van der Waals surface area contributed by atoms with Crippen LogP contribution in [0.15, 0.2) is 63.5 Å². The summed E-state index contributed by atoms with van der Waals surface area (Å²) < 4.78 is 18.6. The van der Waals surface area contributed by atoms with E-state index >= 15 is 0 Å². The zero-order valence-corrected chi connectivity index (χ0v) is 23.9. The Labute approximate surface area is 234 Å². The van der Waals surface area contributed by atoms with Crippen LogP contribution >= 0.6 is 22.9 Å². The molecule has 2 heterocycles. The molecule has 0 N–H and O–H groups in total. The fraction of sp³-hybridized carbons (Fsp3) is 0.310. The maximum Gasteiger partial charge on any atom is 0.338 e. The molecule has 8 nitrogen and oxygen atoms in total. The molecule has 1 aliphatic rings. The van der Waals surface area contributed by atoms with Gasteiger partial charge in [0.1, 0.15) is 0 Å². The van der Waals surface area contributed by atoms with Gasteiger partial charge in [-0.05, 0) is 55.2 Å². The first kappa shape index (κ1) is 28.3. The third kappa shape index (κ3) is 6.15. The minimum Gasteiger partial charge on any atom is -0.490 e. The van der Waals surface area contributed by atoms with Gasteiger partial charge in [-0.3, -0.25) is 14.2 Å². The highest BCUT2D eigenvalue weighted by atomic mass is 35.5. The molecule has 1 atom stereocenters. The minimum absolute atomic E-state index is 0.123. The topological polar surface area (TPSA) is 96.2 Å². The number of hydrogen-bond acceptors (Lipinski definition) is 8. The van der Waals surface area contributed by atoms with E-state index in [1.165, 1.54) is 22.8 Å². The predicted octanol–water partition coefficient (Wildman–Crippen LogP) is 4.41. The number of thiazole rings is 1. The largest absolute Gasteiger partial charge is 0.490 e. The molecule has 0 aliphatic carbocycles. The van der Waals surface area contributed by atoms with E-state index in [9.17, 15) is 14.4 Å². The number of carbonyl (C=O) groups excluding carboxylic acids is 2. The van der Waals surface area contributed by atoms with Gasteiger partial charge in [0.05, 0.1) is 35.1 Å². The third-order valence-corrected chi connectivity index (χ3v) is 7.15. The molecule has 0 amide bonds. The SMILES string of the molecule is CCOc1cc(C2C(C(=O)OCC(C)C)=C(C)N=c3s/c(=C/c4ccccc4Cl)c(=O)n32)ccc1OC(C)=O. The summed E-state index contributed by atoms with van der Waals surface area (Å²) in [4.78, 5) is 43.9. The number of nitrogens with zero attached hydrogens (tertiary/aromatic N) is 2. The summed E-state index contributed by atoms with van der Waals surface area (Å²) in [6.45, 7) is 9.25. The number of carbonyl (C=O) groups is 2. The average Bonchev–Trinajstić information content (AvgIpc) is 3.18. The highest BCUT2D eigenvalue weighted by Gasteiger charge is 2.34. The average molecular weight is 569 g/mol. The summed E-state index contributed by atoms with van der Waals surface area (Å²) in [5.41, 5.74) is 1.63. The Morgan fingerprint density at radius 2 is 1.92 bits per heavy atom. The molecule has 39 heavy (non-hydrogen) atoms. The first-order chi connectivity index (χ1) is 18.6. The van der Waals surface area contributed by atoms with Crippen LogP contribution in [-0.2, 0) is 14.3 Å². The van der Waals surface area contributed by atoms with Crippen LogP contribution in [0.1, 0.15) is 51.8 Å². The molecule has 10 heteroatoms. The van der Waals surface area contributed by atoms with E-state index in [1.807, 2.05) is 32.0 Å². The maximum absolute atomic E-state index is 13.8. The minimum atomic E-state index is -0.847. The van der Waals surface area contributed by atoms with Crippen LogP contribution in [-0.4, -0.2) is 29.7 Å². The lowest BCUT2D eigenvalue weighted by Crippen LogP contribution is -2.40. The van der Waals surface area contributed by atoms with Crippen molar-refractivity contribution in [3.05, 3.63) is 89.6 Å². The molecular formula is C29H29ClN2O6S. The summed E-state index contributed by atoms with van der Waals surface area (Å²) in [6.07, 6.45) is 1.72. The Bertz CT molecular complexity index is 1640. The van der Waals surface area contributed by atoms with E-state index in [-0.39, 0.29) is 29.4 Å². The van der Waals surface area contributed by atoms with E-state index in [1.54, 1.807) is 44.2 Å². The van der Waals surface area contributed by atoms with Crippen LogP contribution < -0.4 is 24.4 Å². The molecular weight excluding hydrogens is 540 g/mol. The number of fused-ring (bicyclic) bond motifs is 1. The van der Waals surface area contributed by atoms with E-state index in [2.05, 4.69) is 4.99 Å². The smallest absolute Gasteiger partial charge is 0.338 e. The quantitative estimate of drug-likeness (QED) is 0.295. The number of hydrogen-bond donors (Lipinski definition) is 0. The van der Waals surface area contributed by atoms with Crippen molar-refractivity contribution in [3.8, 4) is 11.5 Å². The summed E-state index contributed by atoms with van der Waals surface area (Å²) in [7, 11) is 0. The number of ether oxygens (including phenoxy) is 3. The molecule has 0 fully saturated rings. The van der Waals surface area contributed by atoms with E-state index < -0.39 is 18.0 Å². The second kappa shape index (κ2) is 12.0. The van der Waals surface area contributed by atoms with Crippen molar-refractivity contribution < 1.29 is 23.8 Å². The third-order valence-electron chi connectivity index (χ3n) is 5.82. The van der Waals surface area contributed by atoms with Gasteiger partial charge in [0.2, 0.25) is 0 Å². The van der Waals surface area contributed by atoms with Crippen LogP contribution in [0.2, 0.25) is 5.02 Å². The molecule has 1 aliphatic heterocycles. The molecule has 0 saturated heterocycles. The van der Waals surface area contributed by atoms with Crippen molar-refractivity contribution >= 4 is 41.0 Å². The summed E-state index contributed by atoms with van der Waals surface area (Å²) in [5.74, 6) is -0.378. The standard InChI is InChI=1S/C29H29ClN2O6S/c1-6-36-23-13-20(11-12-22(23)38-18(5)33)26-25(28(35)37-15-16(2)3)17(4)31-29-32(26)27(34)24(39-29)14-19-9-7-8-10-21(19)30/h7-14,16,26H,6,15H2,1-5H3/b24-14+. The van der Waals surface area contributed by atoms with Crippen LogP contribution in [0.3, 0.4) is 0 Å². The van der Waals surface area contributed by atoms with Crippen LogP contribution in [0.25, 0.3) is 6.08 Å². The highest BCUT2D eigenvalue weighted by molar-refractivity contribution is 7.07. The maximum atomic E-state index is 13.8. The van der Waals surface area contributed by atoms with Gasteiger partial charge in [0, 0.05) is 11.9 Å². The van der Waals surface area contributed by atoms with Crippen molar-refractivity contribution in [1.82, 2.24) is 4.57 Å². The molecule has 4 rings (SSSR count). The zero-order chi connectivity index (χ0) is 28.3. The van der Waals surface area contributed by atoms with Gasteiger partial charge in [-0.2, -0.15) is 0 Å². The fourth-order valence-corrected chi connectivity index (χ4v) is 5.38. The molecule has 204 valence electrons. The van der Waals surface area contributed by atoms with Crippen molar-refractivity contribution in [3.63, 3.8) is 0 Å². The molecule has 0 saturated carbocycles. The van der Waals surface area contributed by atoms with E-state index in [0.717, 1.165) is 0 Å². The molecule has 0 radical (unpaired) electrons. The van der Waals surface area contributed by atoms with Crippen LogP contribution in [0, 0.1) is 5.92 Å². The number of esters is 2. The Kier molecular flexibility index (Phi) is 8.72. The van der Waals surface area contributed by atoms with Gasteiger partial charge in [0.25, 0.3) is 5.56 Å². The van der Waals surface area contributed by atoms with E-state index in [0.29, 0.717) is 43.5 Å². The summed E-state index contributed by atoms with van der Waals surface area (Å²) >= 11 is 7.55. The van der Waals surface area contributed by atoms with Crippen LogP contribution in [0.5, 0.6) is 11.5 Å². The Morgan fingerprint density at radius 1 is 1.18 bits per heavy atom. The number of halogens is 1. The Morgan fingerprint density at radius 3 is 2.59 bits per heavy atom. The number of allylic oxidation sites excluding steroid dienone is 1. The van der Waals surface area contributed by atoms with Gasteiger partial charge < -0.3 is 14.2 Å². The Hall–Kier alpha value is -3.69. The summed E-state index contributed by atoms with van der Waals surface area (Å²) in [5, 5.41) is 0.511. The summed E-state index contributed by atoms with van der Waals surface area (Å²) in [6, 6.07) is 11.3. The van der Waals surface area contributed by atoms with Crippen LogP contribution in [0.4, 0.5) is 0 Å². The first-order valence-corrected chi connectivity index (χ1v) is 13.7. The van der Waals surface area contributed by atoms with Crippen molar-refractivity contribution in [2.24, 2.45) is 10.9 Å². The van der Waals surface area contributed by atoms with Crippen molar-refractivity contribution in [1.29, 1.82) is 0 Å². The molecule has 3 aromatic rings. The number of rotatable bonds is 8. The lowest BCUT2D eigenvalue weighted by atomic mass is 9.95. The molecule has 1 aromatic heterocycles. The molecule has 0 bridgehead atoms. The molecule has 2 aromatic carbocycles.